The molecular formula is C16H32O2. The van der Waals surface area contributed by atoms with Gasteiger partial charge in [0.2, 0.25) is 0 Å². The Morgan fingerprint density at radius 3 is 2.06 bits per heavy atom. The van der Waals surface area contributed by atoms with Crippen LogP contribution in [-0.2, 0) is 9.53 Å². The summed E-state index contributed by atoms with van der Waals surface area (Å²) >= 11 is 0. The summed E-state index contributed by atoms with van der Waals surface area (Å²) in [6.07, 6.45) is 12.6. The van der Waals surface area contributed by atoms with Crippen molar-refractivity contribution in [3.8, 4) is 0 Å². The van der Waals surface area contributed by atoms with Gasteiger partial charge in [-0.3, -0.25) is 4.79 Å². The molecule has 0 aromatic rings. The van der Waals surface area contributed by atoms with Crippen molar-refractivity contribution in [1.29, 1.82) is 0 Å². The monoisotopic (exact) mass is 256 g/mol. The Hall–Kier alpha value is -0.530. The van der Waals surface area contributed by atoms with Crippen molar-refractivity contribution in [2.75, 3.05) is 0 Å². The van der Waals surface area contributed by atoms with E-state index in [-0.39, 0.29) is 12.1 Å². The lowest BCUT2D eigenvalue weighted by molar-refractivity contribution is -0.148. The van der Waals surface area contributed by atoms with Gasteiger partial charge in [-0.05, 0) is 26.2 Å². The number of hydrogen-bond donors (Lipinski definition) is 0. The molecule has 0 N–H and O–H groups in total. The molecule has 1 unspecified atom stereocenters. The third kappa shape index (κ3) is 11.9. The first-order chi connectivity index (χ1) is 8.70. The molecule has 0 bridgehead atoms. The largest absolute Gasteiger partial charge is 0.463 e. The number of carbonyl (C=O) groups excluding carboxylic acids is 1. The third-order valence-electron chi connectivity index (χ3n) is 3.28. The maximum Gasteiger partial charge on any atom is 0.306 e. The number of ether oxygens (including phenoxy) is 1. The molecule has 108 valence electrons. The van der Waals surface area contributed by atoms with Crippen molar-refractivity contribution >= 4 is 5.97 Å². The van der Waals surface area contributed by atoms with Gasteiger partial charge in [0.25, 0.3) is 0 Å². The summed E-state index contributed by atoms with van der Waals surface area (Å²) in [7, 11) is 0. The highest BCUT2D eigenvalue weighted by Gasteiger charge is 2.08. The van der Waals surface area contributed by atoms with Gasteiger partial charge in [0.15, 0.2) is 0 Å². The van der Waals surface area contributed by atoms with Gasteiger partial charge >= 0.3 is 5.97 Å². The van der Waals surface area contributed by atoms with Crippen LogP contribution in [0.15, 0.2) is 0 Å². The zero-order valence-corrected chi connectivity index (χ0v) is 12.7. The van der Waals surface area contributed by atoms with E-state index >= 15 is 0 Å². The quantitative estimate of drug-likeness (QED) is 0.352. The van der Waals surface area contributed by atoms with E-state index in [1.807, 2.05) is 6.92 Å². The van der Waals surface area contributed by atoms with Crippen LogP contribution in [0.3, 0.4) is 0 Å². The SMILES string of the molecule is CCCCCCCC(=O)OC(C)CCCCCC. The molecule has 0 aliphatic rings. The molecule has 0 aromatic heterocycles. The van der Waals surface area contributed by atoms with E-state index in [0.29, 0.717) is 6.42 Å². The Labute approximate surface area is 113 Å². The number of hydrogen-bond acceptors (Lipinski definition) is 2. The standard InChI is InChI=1S/C16H32O2/c1-4-6-8-10-12-14-16(17)18-15(3)13-11-9-7-5-2/h15H,4-14H2,1-3H3. The zero-order valence-electron chi connectivity index (χ0n) is 12.7. The normalized spacial score (nSPS) is 12.4. The molecule has 2 heteroatoms. The van der Waals surface area contributed by atoms with Crippen molar-refractivity contribution in [3.63, 3.8) is 0 Å². The first-order valence-corrected chi connectivity index (χ1v) is 7.90. The Bertz CT molecular complexity index is 190. The smallest absolute Gasteiger partial charge is 0.306 e. The van der Waals surface area contributed by atoms with Crippen LogP contribution in [0.25, 0.3) is 0 Å². The lowest BCUT2D eigenvalue weighted by Crippen LogP contribution is -2.14. The van der Waals surface area contributed by atoms with Crippen LogP contribution >= 0.6 is 0 Å². The van der Waals surface area contributed by atoms with E-state index in [9.17, 15) is 4.79 Å². The summed E-state index contributed by atoms with van der Waals surface area (Å²) in [6.45, 7) is 6.43. The maximum absolute atomic E-state index is 11.6. The Morgan fingerprint density at radius 2 is 1.44 bits per heavy atom. The first kappa shape index (κ1) is 17.5. The van der Waals surface area contributed by atoms with E-state index in [2.05, 4.69) is 13.8 Å². The van der Waals surface area contributed by atoms with Crippen LogP contribution in [0.4, 0.5) is 0 Å². The van der Waals surface area contributed by atoms with E-state index in [1.165, 1.54) is 44.9 Å². The average molecular weight is 256 g/mol. The molecule has 2 nitrogen and oxygen atoms in total. The molecule has 1 atom stereocenters. The van der Waals surface area contributed by atoms with Crippen LogP contribution in [0.2, 0.25) is 0 Å². The van der Waals surface area contributed by atoms with Gasteiger partial charge in [-0.15, -0.1) is 0 Å². The van der Waals surface area contributed by atoms with Crippen molar-refractivity contribution < 1.29 is 9.53 Å². The molecule has 0 aromatic carbocycles. The highest BCUT2D eigenvalue weighted by molar-refractivity contribution is 5.69. The molecule has 0 rings (SSSR count). The van der Waals surface area contributed by atoms with Crippen LogP contribution in [0, 0.1) is 0 Å². The van der Waals surface area contributed by atoms with Crippen LogP contribution in [-0.4, -0.2) is 12.1 Å². The fourth-order valence-corrected chi connectivity index (χ4v) is 2.07. The summed E-state index contributed by atoms with van der Waals surface area (Å²) in [5.74, 6) is -0.00510. The van der Waals surface area contributed by atoms with Gasteiger partial charge in [0.05, 0.1) is 6.10 Å². The Balaban J connectivity index is 3.37. The van der Waals surface area contributed by atoms with E-state index < -0.39 is 0 Å². The Morgan fingerprint density at radius 1 is 0.889 bits per heavy atom. The molecule has 0 fully saturated rings. The van der Waals surface area contributed by atoms with Gasteiger partial charge in [-0.2, -0.15) is 0 Å². The number of esters is 1. The lowest BCUT2D eigenvalue weighted by atomic mass is 10.1. The molecule has 0 aliphatic heterocycles. The zero-order chi connectivity index (χ0) is 13.6. The van der Waals surface area contributed by atoms with E-state index in [4.69, 9.17) is 4.74 Å². The second-order valence-electron chi connectivity index (χ2n) is 5.31. The van der Waals surface area contributed by atoms with E-state index in [0.717, 1.165) is 19.3 Å². The summed E-state index contributed by atoms with van der Waals surface area (Å²) in [5, 5.41) is 0. The third-order valence-corrected chi connectivity index (χ3v) is 3.28. The molecule has 0 radical (unpaired) electrons. The molecule has 0 saturated carbocycles. The van der Waals surface area contributed by atoms with Crippen molar-refractivity contribution in [2.45, 2.75) is 97.5 Å². The Kier molecular flexibility index (Phi) is 12.5. The predicted octanol–water partition coefficient (Wildman–Crippen LogP) is 5.25. The van der Waals surface area contributed by atoms with Crippen molar-refractivity contribution in [2.24, 2.45) is 0 Å². The molecule has 0 aliphatic carbocycles. The fourth-order valence-electron chi connectivity index (χ4n) is 2.07. The predicted molar refractivity (Wildman–Crippen MR) is 77.7 cm³/mol. The minimum absolute atomic E-state index is 0.00510. The number of unbranched alkanes of at least 4 members (excludes halogenated alkanes) is 7. The molecule has 0 spiro atoms. The second-order valence-corrected chi connectivity index (χ2v) is 5.31. The highest BCUT2D eigenvalue weighted by Crippen LogP contribution is 2.10. The topological polar surface area (TPSA) is 26.3 Å². The first-order valence-electron chi connectivity index (χ1n) is 7.90. The minimum atomic E-state index is -0.00510. The molecule has 0 saturated heterocycles. The van der Waals surface area contributed by atoms with E-state index in [1.54, 1.807) is 0 Å². The summed E-state index contributed by atoms with van der Waals surface area (Å²) in [4.78, 5) is 11.6. The molecule has 18 heavy (non-hydrogen) atoms. The van der Waals surface area contributed by atoms with Gasteiger partial charge in [-0.25, -0.2) is 0 Å². The number of rotatable bonds is 12. The minimum Gasteiger partial charge on any atom is -0.463 e. The second kappa shape index (κ2) is 12.9. The fraction of sp³-hybridized carbons (Fsp3) is 0.938. The molecule has 0 amide bonds. The number of carbonyl (C=O) groups is 1. The van der Waals surface area contributed by atoms with Crippen LogP contribution in [0.5, 0.6) is 0 Å². The van der Waals surface area contributed by atoms with Crippen molar-refractivity contribution in [1.82, 2.24) is 0 Å². The van der Waals surface area contributed by atoms with Gasteiger partial charge in [0.1, 0.15) is 0 Å². The highest BCUT2D eigenvalue weighted by atomic mass is 16.5. The van der Waals surface area contributed by atoms with Gasteiger partial charge < -0.3 is 4.74 Å². The maximum atomic E-state index is 11.6. The van der Waals surface area contributed by atoms with Gasteiger partial charge in [0, 0.05) is 6.42 Å². The summed E-state index contributed by atoms with van der Waals surface area (Å²) < 4.78 is 5.40. The summed E-state index contributed by atoms with van der Waals surface area (Å²) in [6, 6.07) is 0. The molecular weight excluding hydrogens is 224 g/mol. The van der Waals surface area contributed by atoms with Gasteiger partial charge in [-0.1, -0.05) is 58.8 Å². The average Bonchev–Trinajstić information content (AvgIpc) is 2.34. The molecule has 0 heterocycles. The van der Waals surface area contributed by atoms with Crippen molar-refractivity contribution in [3.05, 3.63) is 0 Å². The lowest BCUT2D eigenvalue weighted by Gasteiger charge is -2.13. The van der Waals surface area contributed by atoms with Crippen LogP contribution in [0.1, 0.15) is 91.4 Å². The summed E-state index contributed by atoms with van der Waals surface area (Å²) in [5.41, 5.74) is 0. The van der Waals surface area contributed by atoms with Crippen LogP contribution < -0.4 is 0 Å².